The van der Waals surface area contributed by atoms with E-state index in [1.54, 1.807) is 36.4 Å². The van der Waals surface area contributed by atoms with Gasteiger partial charge in [0.15, 0.2) is 5.76 Å². The van der Waals surface area contributed by atoms with Gasteiger partial charge in [0.25, 0.3) is 11.7 Å². The SMILES string of the molecule is COc1ccc2oc(C(=O)NCC(=O)N[C@@]3(O)CCCN(Sc4ccccn4)C(O)(O)C3=O)cc2c1. The number of ketones is 1. The van der Waals surface area contributed by atoms with E-state index in [0.717, 1.165) is 16.3 Å². The molecule has 1 aromatic carbocycles. The van der Waals surface area contributed by atoms with E-state index >= 15 is 0 Å². The Bertz CT molecular complexity index is 1280. The van der Waals surface area contributed by atoms with E-state index in [9.17, 15) is 29.7 Å². The zero-order valence-electron chi connectivity index (χ0n) is 19.1. The van der Waals surface area contributed by atoms with Crippen molar-refractivity contribution in [3.05, 3.63) is 54.4 Å². The molecule has 3 heterocycles. The third kappa shape index (κ3) is 5.34. The van der Waals surface area contributed by atoms with Crippen LogP contribution in [-0.2, 0) is 9.59 Å². The number of hydrogen-bond acceptors (Lipinski definition) is 11. The summed E-state index contributed by atoms with van der Waals surface area (Å²) in [5.41, 5.74) is -2.13. The van der Waals surface area contributed by atoms with Crippen LogP contribution in [0.15, 0.2) is 58.1 Å². The molecule has 0 bridgehead atoms. The van der Waals surface area contributed by atoms with Crippen molar-refractivity contribution < 1.29 is 38.9 Å². The van der Waals surface area contributed by atoms with Crippen molar-refractivity contribution in [2.45, 2.75) is 29.5 Å². The zero-order valence-corrected chi connectivity index (χ0v) is 19.9. The molecule has 12 nitrogen and oxygen atoms in total. The lowest BCUT2D eigenvalue weighted by Gasteiger charge is -2.34. The van der Waals surface area contributed by atoms with E-state index in [-0.39, 0.29) is 25.1 Å². The summed E-state index contributed by atoms with van der Waals surface area (Å²) in [5, 5.41) is 37.4. The molecule has 1 aliphatic rings. The predicted molar refractivity (Wildman–Crippen MR) is 126 cm³/mol. The molecule has 1 fully saturated rings. The minimum atomic E-state index is -3.10. The van der Waals surface area contributed by atoms with Crippen molar-refractivity contribution in [3.63, 3.8) is 0 Å². The average molecular weight is 517 g/mol. The number of fused-ring (bicyclic) bond motifs is 1. The summed E-state index contributed by atoms with van der Waals surface area (Å²) in [6.45, 7) is -0.600. The van der Waals surface area contributed by atoms with Crippen molar-refractivity contribution in [3.8, 4) is 5.75 Å². The summed E-state index contributed by atoms with van der Waals surface area (Å²) < 4.78 is 11.6. The van der Waals surface area contributed by atoms with Gasteiger partial charge in [-0.15, -0.1) is 0 Å². The molecule has 1 aliphatic heterocycles. The number of furan rings is 1. The van der Waals surface area contributed by atoms with Gasteiger partial charge < -0.3 is 35.1 Å². The molecule has 0 saturated carbocycles. The van der Waals surface area contributed by atoms with Crippen LogP contribution in [0.2, 0.25) is 0 Å². The number of Topliss-reactive ketones (excluding diaryl/α,β-unsaturated/α-hetero) is 1. The van der Waals surface area contributed by atoms with Gasteiger partial charge in [-0.3, -0.25) is 14.4 Å². The fourth-order valence-corrected chi connectivity index (χ4v) is 4.57. The van der Waals surface area contributed by atoms with Gasteiger partial charge >= 0.3 is 5.91 Å². The third-order valence-corrected chi connectivity index (χ3v) is 6.56. The molecular weight excluding hydrogens is 492 g/mol. The molecule has 4 rings (SSSR count). The van der Waals surface area contributed by atoms with E-state index in [1.165, 1.54) is 19.4 Å². The third-order valence-electron chi connectivity index (χ3n) is 5.47. The number of methoxy groups -OCH3 is 1. The Balaban J connectivity index is 1.39. The summed E-state index contributed by atoms with van der Waals surface area (Å²) in [5.74, 6) is -5.62. The number of benzene rings is 1. The second-order valence-electron chi connectivity index (χ2n) is 8.03. The Kier molecular flexibility index (Phi) is 7.28. The predicted octanol–water partition coefficient (Wildman–Crippen LogP) is 0.382. The molecule has 5 N–H and O–H groups in total. The van der Waals surface area contributed by atoms with Crippen molar-refractivity contribution in [2.75, 3.05) is 20.2 Å². The highest BCUT2D eigenvalue weighted by molar-refractivity contribution is 7.97. The van der Waals surface area contributed by atoms with Crippen LogP contribution in [0.25, 0.3) is 11.0 Å². The molecular formula is C23H24N4O8S. The minimum absolute atomic E-state index is 0.00569. The van der Waals surface area contributed by atoms with E-state index in [2.05, 4.69) is 15.6 Å². The first-order chi connectivity index (χ1) is 17.1. The lowest BCUT2D eigenvalue weighted by molar-refractivity contribution is -0.233. The highest BCUT2D eigenvalue weighted by Gasteiger charge is 2.55. The second-order valence-corrected chi connectivity index (χ2v) is 9.08. The first-order valence-electron chi connectivity index (χ1n) is 10.9. The summed E-state index contributed by atoms with van der Waals surface area (Å²) in [7, 11) is 1.51. The van der Waals surface area contributed by atoms with Crippen molar-refractivity contribution in [2.24, 2.45) is 0 Å². The van der Waals surface area contributed by atoms with E-state index in [4.69, 9.17) is 9.15 Å². The Morgan fingerprint density at radius 1 is 1.22 bits per heavy atom. The van der Waals surface area contributed by atoms with Gasteiger partial charge in [-0.25, -0.2) is 4.98 Å². The largest absolute Gasteiger partial charge is 0.497 e. The summed E-state index contributed by atoms with van der Waals surface area (Å²) >= 11 is 0.826. The molecule has 1 atom stereocenters. The molecule has 1 saturated heterocycles. The normalized spacial score (nSPS) is 20.1. The maximum atomic E-state index is 12.9. The Labute approximate surface area is 209 Å². The summed E-state index contributed by atoms with van der Waals surface area (Å²) in [4.78, 5) is 41.9. The van der Waals surface area contributed by atoms with Crippen molar-refractivity contribution in [1.29, 1.82) is 0 Å². The molecule has 0 radical (unpaired) electrons. The molecule has 3 aromatic rings. The molecule has 36 heavy (non-hydrogen) atoms. The average Bonchev–Trinajstić information content (AvgIpc) is 3.27. The summed E-state index contributed by atoms with van der Waals surface area (Å²) in [6.07, 6.45) is 1.37. The Morgan fingerprint density at radius 2 is 2.03 bits per heavy atom. The quantitative estimate of drug-likeness (QED) is 0.217. The van der Waals surface area contributed by atoms with Crippen LogP contribution in [0.3, 0.4) is 0 Å². The maximum Gasteiger partial charge on any atom is 0.302 e. The second kappa shape index (κ2) is 10.2. The highest BCUT2D eigenvalue weighted by atomic mass is 32.2. The number of pyridine rings is 1. The first-order valence-corrected chi connectivity index (χ1v) is 11.7. The van der Waals surface area contributed by atoms with Crippen molar-refractivity contribution >= 4 is 40.5 Å². The zero-order chi connectivity index (χ0) is 25.9. The molecule has 190 valence electrons. The Hall–Kier alpha value is -3.49. The molecule has 13 heteroatoms. The lowest BCUT2D eigenvalue weighted by Crippen LogP contribution is -2.65. The number of ether oxygens (including phenoxy) is 1. The fourth-order valence-electron chi connectivity index (χ4n) is 3.66. The van der Waals surface area contributed by atoms with E-state index in [1.807, 2.05) is 0 Å². The molecule has 2 aromatic heterocycles. The van der Waals surface area contributed by atoms with Crippen LogP contribution < -0.4 is 15.4 Å². The van der Waals surface area contributed by atoms with Gasteiger partial charge in [0.1, 0.15) is 16.4 Å². The number of nitrogens with zero attached hydrogens (tertiary/aromatic N) is 2. The molecule has 2 amide bonds. The first kappa shape index (κ1) is 25.6. The van der Waals surface area contributed by atoms with Gasteiger partial charge in [-0.05, 0) is 54.8 Å². The van der Waals surface area contributed by atoms with Gasteiger partial charge in [-0.1, -0.05) is 6.07 Å². The van der Waals surface area contributed by atoms with Crippen LogP contribution >= 0.6 is 11.9 Å². The van der Waals surface area contributed by atoms with Gasteiger partial charge in [0.05, 0.1) is 13.7 Å². The Morgan fingerprint density at radius 3 is 2.75 bits per heavy atom. The van der Waals surface area contributed by atoms with Crippen LogP contribution in [0.1, 0.15) is 23.4 Å². The van der Waals surface area contributed by atoms with E-state index < -0.39 is 35.8 Å². The standard InChI is InChI=1S/C23H24N4O8S/c1-34-15-6-7-16-14(11-15)12-17(35-16)20(29)25-13-18(28)26-22(31)8-4-10-27(23(32,33)21(22)30)36-19-5-2-3-9-24-19/h2-3,5-7,9,11-12,31-33H,4,8,10,13H2,1H3,(H,25,29)(H,26,28)/t22-/m1/s1. The summed E-state index contributed by atoms with van der Waals surface area (Å²) in [6, 6.07) is 11.5. The number of aromatic nitrogens is 1. The maximum absolute atomic E-state index is 12.9. The van der Waals surface area contributed by atoms with Crippen LogP contribution in [0, 0.1) is 0 Å². The number of amides is 2. The molecule has 0 spiro atoms. The minimum Gasteiger partial charge on any atom is -0.497 e. The smallest absolute Gasteiger partial charge is 0.302 e. The monoisotopic (exact) mass is 516 g/mol. The van der Waals surface area contributed by atoms with Gasteiger partial charge in [-0.2, -0.15) is 4.31 Å². The molecule has 0 unspecified atom stereocenters. The van der Waals surface area contributed by atoms with Gasteiger partial charge in [0, 0.05) is 24.5 Å². The molecule has 0 aliphatic carbocycles. The van der Waals surface area contributed by atoms with Crippen molar-refractivity contribution in [1.82, 2.24) is 19.9 Å². The topological polar surface area (TPSA) is 174 Å². The highest BCUT2D eigenvalue weighted by Crippen LogP contribution is 2.33. The number of carbonyl (C=O) groups excluding carboxylic acids is 3. The number of nitrogens with one attached hydrogen (secondary N) is 2. The van der Waals surface area contributed by atoms with Crippen LogP contribution in [0.4, 0.5) is 0 Å². The number of aliphatic hydroxyl groups is 3. The lowest BCUT2D eigenvalue weighted by atomic mass is 10.0. The number of carbonyl (C=O) groups is 3. The number of rotatable bonds is 7. The number of hydrogen-bond donors (Lipinski definition) is 5. The van der Waals surface area contributed by atoms with E-state index in [0.29, 0.717) is 21.7 Å². The fraction of sp³-hybridized carbons (Fsp3) is 0.304. The van der Waals surface area contributed by atoms with Crippen LogP contribution in [0.5, 0.6) is 5.75 Å². The van der Waals surface area contributed by atoms with Crippen LogP contribution in [-0.4, -0.2) is 74.0 Å². The van der Waals surface area contributed by atoms with Gasteiger partial charge in [0.2, 0.25) is 11.6 Å².